The maximum atomic E-state index is 12.5. The molecule has 7 nitrogen and oxygen atoms in total. The summed E-state index contributed by atoms with van der Waals surface area (Å²) in [6.07, 6.45) is 3.61. The molecule has 1 aromatic carbocycles. The summed E-state index contributed by atoms with van der Waals surface area (Å²) in [5.74, 6) is 2.80. The lowest BCUT2D eigenvalue weighted by atomic mass is 10.2. The highest BCUT2D eigenvalue weighted by Gasteiger charge is 2.21. The quantitative estimate of drug-likeness (QED) is 0.417. The van der Waals surface area contributed by atoms with Crippen molar-refractivity contribution >= 4 is 50.3 Å². The number of thioether (sulfide) groups is 1. The summed E-state index contributed by atoms with van der Waals surface area (Å²) in [6.45, 7) is 0.451. The lowest BCUT2D eigenvalue weighted by Crippen LogP contribution is -2.27. The standard InChI is InChI=1S/C22H23N5O2S2/c1-27(11-17-23-14-6-2-3-7-15(14)24-17)19(28)9-10-30-12-18-25-21(29)20-13-5-4-8-16(13)31-22(20)26-18/h2-3,6-7H,4-5,8-12H2,1H3,(H,23,24)(H,25,26,29). The minimum atomic E-state index is -0.0263. The SMILES string of the molecule is CN(Cc1nc2ccccc2[nH]1)C(=O)CCSCc1nc2sc3c(c2c(=O)[nH]1)CCC3. The van der Waals surface area contributed by atoms with Crippen LogP contribution in [0.5, 0.6) is 0 Å². The molecule has 0 aliphatic heterocycles. The third-order valence-electron chi connectivity index (χ3n) is 5.57. The van der Waals surface area contributed by atoms with E-state index >= 15 is 0 Å². The maximum absolute atomic E-state index is 12.5. The molecule has 160 valence electrons. The first-order valence-electron chi connectivity index (χ1n) is 10.4. The first kappa shape index (κ1) is 20.3. The fraction of sp³-hybridized carbons (Fsp3) is 0.364. The average molecular weight is 454 g/mol. The smallest absolute Gasteiger partial charge is 0.259 e. The highest BCUT2D eigenvalue weighted by molar-refractivity contribution is 7.98. The Morgan fingerprint density at radius 3 is 2.94 bits per heavy atom. The topological polar surface area (TPSA) is 94.7 Å². The molecule has 0 radical (unpaired) electrons. The molecule has 2 N–H and O–H groups in total. The Labute approximate surface area is 187 Å². The summed E-state index contributed by atoms with van der Waals surface area (Å²) >= 11 is 3.27. The number of hydrogen-bond acceptors (Lipinski definition) is 6. The fourth-order valence-corrected chi connectivity index (χ4v) is 6.10. The summed E-state index contributed by atoms with van der Waals surface area (Å²) in [7, 11) is 1.79. The number of hydrogen-bond donors (Lipinski definition) is 2. The molecule has 3 heterocycles. The number of aromatic nitrogens is 4. The van der Waals surface area contributed by atoms with Crippen LogP contribution in [0.3, 0.4) is 0 Å². The number of thiophene rings is 1. The van der Waals surface area contributed by atoms with Gasteiger partial charge in [0.1, 0.15) is 16.5 Å². The number of rotatable bonds is 7. The Kier molecular flexibility index (Phi) is 5.54. The first-order chi connectivity index (χ1) is 15.1. The number of H-pyrrole nitrogens is 2. The van der Waals surface area contributed by atoms with Crippen LogP contribution in [-0.4, -0.2) is 43.5 Å². The average Bonchev–Trinajstić information content (AvgIpc) is 3.44. The van der Waals surface area contributed by atoms with Gasteiger partial charge < -0.3 is 14.9 Å². The van der Waals surface area contributed by atoms with Crippen LogP contribution < -0.4 is 5.56 Å². The van der Waals surface area contributed by atoms with E-state index in [9.17, 15) is 9.59 Å². The number of carbonyl (C=O) groups is 1. The Balaban J connectivity index is 1.14. The van der Waals surface area contributed by atoms with Crippen molar-refractivity contribution in [1.82, 2.24) is 24.8 Å². The van der Waals surface area contributed by atoms with Crippen LogP contribution in [0.25, 0.3) is 21.3 Å². The van der Waals surface area contributed by atoms with E-state index in [0.717, 1.165) is 46.3 Å². The van der Waals surface area contributed by atoms with Gasteiger partial charge in [-0.2, -0.15) is 11.8 Å². The molecule has 3 aromatic heterocycles. The number of amides is 1. The summed E-state index contributed by atoms with van der Waals surface area (Å²) in [6, 6.07) is 7.84. The molecule has 0 saturated carbocycles. The minimum Gasteiger partial charge on any atom is -0.340 e. The van der Waals surface area contributed by atoms with E-state index in [1.54, 1.807) is 35.0 Å². The highest BCUT2D eigenvalue weighted by Crippen LogP contribution is 2.34. The number of nitrogens with zero attached hydrogens (tertiary/aromatic N) is 3. The summed E-state index contributed by atoms with van der Waals surface area (Å²) in [4.78, 5) is 44.2. The van der Waals surface area contributed by atoms with Gasteiger partial charge in [0.05, 0.1) is 28.7 Å². The third kappa shape index (κ3) is 4.12. The van der Waals surface area contributed by atoms with Crippen LogP contribution in [0, 0.1) is 0 Å². The van der Waals surface area contributed by atoms with Gasteiger partial charge >= 0.3 is 0 Å². The van der Waals surface area contributed by atoms with Crippen molar-refractivity contribution in [1.29, 1.82) is 0 Å². The lowest BCUT2D eigenvalue weighted by Gasteiger charge is -2.15. The number of benzene rings is 1. The van der Waals surface area contributed by atoms with Crippen LogP contribution in [0.2, 0.25) is 0 Å². The normalized spacial score (nSPS) is 13.2. The molecule has 0 saturated heterocycles. The molecule has 9 heteroatoms. The molecule has 1 aliphatic carbocycles. The monoisotopic (exact) mass is 453 g/mol. The van der Waals surface area contributed by atoms with Crippen molar-refractivity contribution < 1.29 is 4.79 Å². The van der Waals surface area contributed by atoms with Crippen molar-refractivity contribution in [3.8, 4) is 0 Å². The molecule has 4 aromatic rings. The van der Waals surface area contributed by atoms with Gasteiger partial charge in [0.2, 0.25) is 5.91 Å². The summed E-state index contributed by atoms with van der Waals surface area (Å²) in [5.41, 5.74) is 3.05. The second-order valence-electron chi connectivity index (χ2n) is 7.80. The Bertz CT molecular complexity index is 1290. The van der Waals surface area contributed by atoms with Crippen molar-refractivity contribution in [2.75, 3.05) is 12.8 Å². The molecular formula is C22H23N5O2S2. The number of para-hydroxylation sites is 2. The largest absolute Gasteiger partial charge is 0.340 e. The molecule has 0 atom stereocenters. The van der Waals surface area contributed by atoms with Crippen LogP contribution in [0.15, 0.2) is 29.1 Å². The van der Waals surface area contributed by atoms with Crippen LogP contribution in [0.1, 0.15) is 34.9 Å². The van der Waals surface area contributed by atoms with Gasteiger partial charge in [-0.15, -0.1) is 11.3 Å². The zero-order valence-corrected chi connectivity index (χ0v) is 18.9. The molecule has 5 rings (SSSR count). The summed E-state index contributed by atoms with van der Waals surface area (Å²) < 4.78 is 0. The van der Waals surface area contributed by atoms with Gasteiger partial charge in [-0.05, 0) is 37.0 Å². The van der Waals surface area contributed by atoms with Gasteiger partial charge in [0.15, 0.2) is 0 Å². The number of aryl methyl sites for hydroxylation is 2. The third-order valence-corrected chi connectivity index (χ3v) is 7.73. The van der Waals surface area contributed by atoms with E-state index in [1.165, 1.54) is 10.4 Å². The van der Waals surface area contributed by atoms with E-state index in [-0.39, 0.29) is 11.5 Å². The molecule has 0 bridgehead atoms. The maximum Gasteiger partial charge on any atom is 0.259 e. The minimum absolute atomic E-state index is 0.0263. The second-order valence-corrected chi connectivity index (χ2v) is 9.99. The molecule has 1 amide bonds. The van der Waals surface area contributed by atoms with Crippen molar-refractivity contribution in [3.63, 3.8) is 0 Å². The fourth-order valence-electron chi connectivity index (χ4n) is 4.03. The number of carbonyl (C=O) groups excluding carboxylic acids is 1. The molecule has 31 heavy (non-hydrogen) atoms. The van der Waals surface area contributed by atoms with Crippen LogP contribution >= 0.6 is 23.1 Å². The van der Waals surface area contributed by atoms with E-state index in [1.807, 2.05) is 24.3 Å². The van der Waals surface area contributed by atoms with E-state index in [0.29, 0.717) is 30.3 Å². The van der Waals surface area contributed by atoms with Gasteiger partial charge in [-0.3, -0.25) is 9.59 Å². The first-order valence-corrected chi connectivity index (χ1v) is 12.3. The molecule has 1 aliphatic rings. The highest BCUT2D eigenvalue weighted by atomic mass is 32.2. The predicted molar refractivity (Wildman–Crippen MR) is 126 cm³/mol. The summed E-state index contributed by atoms with van der Waals surface area (Å²) in [5, 5.41) is 0.786. The Hall–Kier alpha value is -2.65. The van der Waals surface area contributed by atoms with E-state index in [2.05, 4.69) is 19.9 Å². The molecule has 0 fully saturated rings. The Morgan fingerprint density at radius 2 is 2.06 bits per heavy atom. The van der Waals surface area contributed by atoms with Crippen molar-refractivity contribution in [2.45, 2.75) is 38.0 Å². The number of fused-ring (bicyclic) bond motifs is 4. The number of aromatic amines is 2. The van der Waals surface area contributed by atoms with Gasteiger partial charge in [0, 0.05) is 24.1 Å². The molecular weight excluding hydrogens is 430 g/mol. The van der Waals surface area contributed by atoms with Crippen molar-refractivity contribution in [3.05, 3.63) is 56.7 Å². The van der Waals surface area contributed by atoms with Crippen molar-refractivity contribution in [2.24, 2.45) is 0 Å². The van der Waals surface area contributed by atoms with Gasteiger partial charge in [-0.1, -0.05) is 12.1 Å². The Morgan fingerprint density at radius 1 is 1.19 bits per heavy atom. The zero-order chi connectivity index (χ0) is 21.4. The second kappa shape index (κ2) is 8.47. The van der Waals surface area contributed by atoms with Crippen LogP contribution in [0.4, 0.5) is 0 Å². The predicted octanol–water partition coefficient (Wildman–Crippen LogP) is 3.63. The number of nitrogens with one attached hydrogen (secondary N) is 2. The van der Waals surface area contributed by atoms with Gasteiger partial charge in [-0.25, -0.2) is 9.97 Å². The van der Waals surface area contributed by atoms with E-state index in [4.69, 9.17) is 0 Å². The van der Waals surface area contributed by atoms with Gasteiger partial charge in [0.25, 0.3) is 5.56 Å². The molecule has 0 unspecified atom stereocenters. The van der Waals surface area contributed by atoms with Crippen LogP contribution in [-0.2, 0) is 29.9 Å². The lowest BCUT2D eigenvalue weighted by molar-refractivity contribution is -0.130. The zero-order valence-electron chi connectivity index (χ0n) is 17.2. The molecule has 0 spiro atoms. The number of imidazole rings is 1. The van der Waals surface area contributed by atoms with E-state index < -0.39 is 0 Å².